The lowest BCUT2D eigenvalue weighted by Gasteiger charge is -2.14. The SMILES string of the molecule is CN(C)CCCc1c(/C=C2\C(=O)Nc3ccc(S(=O)(=O)NCc4ccc(F)cc4)cc32)[nH]c2c1CCCC2. The molecule has 38 heavy (non-hydrogen) atoms. The average molecular weight is 537 g/mol. The van der Waals surface area contributed by atoms with E-state index in [1.165, 1.54) is 47.2 Å². The molecule has 5 rings (SSSR count). The molecule has 200 valence electrons. The zero-order valence-electron chi connectivity index (χ0n) is 21.7. The number of nitrogens with one attached hydrogen (secondary N) is 3. The van der Waals surface area contributed by atoms with Gasteiger partial charge in [0, 0.05) is 29.2 Å². The number of nitrogens with zero attached hydrogens (tertiary/aromatic N) is 1. The summed E-state index contributed by atoms with van der Waals surface area (Å²) >= 11 is 0. The quantitative estimate of drug-likeness (QED) is 0.351. The van der Waals surface area contributed by atoms with Gasteiger partial charge in [-0.15, -0.1) is 0 Å². The number of aryl methyl sites for hydroxylation is 1. The first-order valence-corrected chi connectivity index (χ1v) is 14.5. The zero-order valence-corrected chi connectivity index (χ0v) is 22.6. The maximum atomic E-state index is 13.2. The predicted molar refractivity (Wildman–Crippen MR) is 148 cm³/mol. The normalized spacial score (nSPS) is 16.1. The Kier molecular flexibility index (Phi) is 7.52. The summed E-state index contributed by atoms with van der Waals surface area (Å²) in [5.41, 5.74) is 7.07. The first kappa shape index (κ1) is 26.3. The van der Waals surface area contributed by atoms with E-state index in [2.05, 4.69) is 34.0 Å². The first-order chi connectivity index (χ1) is 18.2. The molecule has 2 aromatic carbocycles. The highest BCUT2D eigenvalue weighted by atomic mass is 32.2. The van der Waals surface area contributed by atoms with Gasteiger partial charge in [0.2, 0.25) is 10.0 Å². The zero-order chi connectivity index (χ0) is 26.9. The summed E-state index contributed by atoms with van der Waals surface area (Å²) in [7, 11) is 0.273. The highest BCUT2D eigenvalue weighted by Crippen LogP contribution is 2.37. The van der Waals surface area contributed by atoms with E-state index in [4.69, 9.17) is 0 Å². The molecule has 2 aliphatic rings. The van der Waals surface area contributed by atoms with Crippen LogP contribution in [0.2, 0.25) is 0 Å². The van der Waals surface area contributed by atoms with Crippen molar-refractivity contribution in [3.63, 3.8) is 0 Å². The van der Waals surface area contributed by atoms with Crippen LogP contribution in [0, 0.1) is 5.82 Å². The Bertz CT molecular complexity index is 1490. The van der Waals surface area contributed by atoms with Crippen molar-refractivity contribution < 1.29 is 17.6 Å². The van der Waals surface area contributed by atoms with Gasteiger partial charge in [-0.1, -0.05) is 12.1 Å². The third kappa shape index (κ3) is 5.60. The maximum Gasteiger partial charge on any atom is 0.256 e. The fourth-order valence-corrected chi connectivity index (χ4v) is 6.29. The summed E-state index contributed by atoms with van der Waals surface area (Å²) < 4.78 is 41.9. The molecule has 2 heterocycles. The molecule has 0 saturated heterocycles. The van der Waals surface area contributed by atoms with E-state index in [-0.39, 0.29) is 23.2 Å². The van der Waals surface area contributed by atoms with Gasteiger partial charge in [-0.05, 0) is 112 Å². The van der Waals surface area contributed by atoms with Crippen LogP contribution in [0.1, 0.15) is 52.9 Å². The van der Waals surface area contributed by atoms with Crippen LogP contribution >= 0.6 is 0 Å². The standard InChI is InChI=1S/C29H33FN4O3S/c1-34(2)15-5-7-23-22-6-3-4-8-26(22)32-28(23)17-25-24-16-21(13-14-27(24)33-29(25)35)38(36,37)31-18-19-9-11-20(30)12-10-19/h9-14,16-17,31-32H,3-8,15,18H2,1-2H3,(H,33,35)/b25-17-. The summed E-state index contributed by atoms with van der Waals surface area (Å²) in [6, 6.07) is 10.3. The Morgan fingerprint density at radius 3 is 2.61 bits per heavy atom. The molecule has 3 N–H and O–H groups in total. The third-order valence-corrected chi connectivity index (χ3v) is 8.63. The number of aromatic nitrogens is 1. The lowest BCUT2D eigenvalue weighted by atomic mass is 9.92. The topological polar surface area (TPSA) is 94.3 Å². The van der Waals surface area contributed by atoms with Gasteiger partial charge < -0.3 is 15.2 Å². The van der Waals surface area contributed by atoms with Crippen LogP contribution in [-0.2, 0) is 40.6 Å². The number of H-pyrrole nitrogens is 1. The predicted octanol–water partition coefficient (Wildman–Crippen LogP) is 4.50. The molecular formula is C29H33FN4O3S. The summed E-state index contributed by atoms with van der Waals surface area (Å²) in [4.78, 5) is 18.8. The third-order valence-electron chi connectivity index (χ3n) is 7.23. The second-order valence-electron chi connectivity index (χ2n) is 10.3. The molecule has 1 amide bonds. The summed E-state index contributed by atoms with van der Waals surface area (Å²) in [5.74, 6) is -0.629. The van der Waals surface area contributed by atoms with E-state index in [0.29, 0.717) is 22.4 Å². The minimum atomic E-state index is -3.86. The van der Waals surface area contributed by atoms with E-state index < -0.39 is 10.0 Å². The lowest BCUT2D eigenvalue weighted by Crippen LogP contribution is -2.23. The van der Waals surface area contributed by atoms with E-state index in [0.717, 1.165) is 50.8 Å². The van der Waals surface area contributed by atoms with Crippen LogP contribution in [0.5, 0.6) is 0 Å². The highest BCUT2D eigenvalue weighted by Gasteiger charge is 2.28. The van der Waals surface area contributed by atoms with Gasteiger partial charge in [0.1, 0.15) is 5.82 Å². The van der Waals surface area contributed by atoms with Crippen molar-refractivity contribution in [2.75, 3.05) is 26.0 Å². The molecule has 0 spiro atoms. The smallest absolute Gasteiger partial charge is 0.256 e. The Labute approximate surface area is 223 Å². The van der Waals surface area contributed by atoms with Crippen LogP contribution < -0.4 is 10.0 Å². The molecule has 1 aromatic heterocycles. The van der Waals surface area contributed by atoms with Crippen molar-refractivity contribution in [3.8, 4) is 0 Å². The molecule has 7 nitrogen and oxygen atoms in total. The number of benzene rings is 2. The monoisotopic (exact) mass is 536 g/mol. The number of aromatic amines is 1. The summed E-state index contributed by atoms with van der Waals surface area (Å²) in [6.45, 7) is 1.01. The summed E-state index contributed by atoms with van der Waals surface area (Å²) in [6.07, 6.45) is 8.17. The number of carbonyl (C=O) groups excluding carboxylic acids is 1. The molecule has 0 atom stereocenters. The number of carbonyl (C=O) groups is 1. The van der Waals surface area contributed by atoms with Crippen LogP contribution in [0.3, 0.4) is 0 Å². The number of rotatable bonds is 9. The number of hydrogen-bond acceptors (Lipinski definition) is 4. The van der Waals surface area contributed by atoms with Gasteiger partial charge in [0.15, 0.2) is 0 Å². The molecule has 0 fully saturated rings. The minimum absolute atomic E-state index is 0.0317. The van der Waals surface area contributed by atoms with E-state index in [9.17, 15) is 17.6 Å². The van der Waals surface area contributed by atoms with Crippen LogP contribution in [0.4, 0.5) is 10.1 Å². The molecule has 3 aromatic rings. The number of sulfonamides is 1. The van der Waals surface area contributed by atoms with Crippen LogP contribution in [0.15, 0.2) is 47.4 Å². The molecule has 1 aliphatic heterocycles. The summed E-state index contributed by atoms with van der Waals surface area (Å²) in [5, 5.41) is 2.87. The minimum Gasteiger partial charge on any atom is -0.358 e. The van der Waals surface area contributed by atoms with Gasteiger partial charge in [0.25, 0.3) is 5.91 Å². The van der Waals surface area contributed by atoms with E-state index in [1.54, 1.807) is 12.1 Å². The van der Waals surface area contributed by atoms with E-state index >= 15 is 0 Å². The van der Waals surface area contributed by atoms with Gasteiger partial charge in [-0.3, -0.25) is 4.79 Å². The van der Waals surface area contributed by atoms with Crippen molar-refractivity contribution >= 4 is 33.3 Å². The molecule has 0 unspecified atom stereocenters. The van der Waals surface area contributed by atoms with Gasteiger partial charge in [0.05, 0.1) is 10.5 Å². The van der Waals surface area contributed by atoms with Gasteiger partial charge in [-0.25, -0.2) is 17.5 Å². The number of fused-ring (bicyclic) bond motifs is 2. The first-order valence-electron chi connectivity index (χ1n) is 13.0. The second-order valence-corrected chi connectivity index (χ2v) is 12.0. The Morgan fingerprint density at radius 2 is 1.84 bits per heavy atom. The number of anilines is 1. The average Bonchev–Trinajstić information content (AvgIpc) is 3.40. The Hall–Kier alpha value is -3.27. The van der Waals surface area contributed by atoms with Gasteiger partial charge >= 0.3 is 0 Å². The van der Waals surface area contributed by atoms with Crippen LogP contribution in [-0.4, -0.2) is 44.8 Å². The number of hydrogen-bond donors (Lipinski definition) is 3. The molecule has 1 aliphatic carbocycles. The van der Waals surface area contributed by atoms with Crippen molar-refractivity contribution in [2.45, 2.75) is 50.0 Å². The van der Waals surface area contributed by atoms with Crippen molar-refractivity contribution in [1.29, 1.82) is 0 Å². The molecule has 9 heteroatoms. The van der Waals surface area contributed by atoms with Gasteiger partial charge in [-0.2, -0.15) is 0 Å². The molecule has 0 bridgehead atoms. The molecular weight excluding hydrogens is 503 g/mol. The fourth-order valence-electron chi connectivity index (χ4n) is 5.24. The van der Waals surface area contributed by atoms with Crippen molar-refractivity contribution in [1.82, 2.24) is 14.6 Å². The number of halogens is 1. The van der Waals surface area contributed by atoms with E-state index in [1.807, 2.05) is 6.08 Å². The largest absolute Gasteiger partial charge is 0.358 e. The molecule has 0 radical (unpaired) electrons. The lowest BCUT2D eigenvalue weighted by molar-refractivity contribution is -0.110. The molecule has 0 saturated carbocycles. The maximum absolute atomic E-state index is 13.2. The van der Waals surface area contributed by atoms with Crippen molar-refractivity contribution in [2.24, 2.45) is 0 Å². The van der Waals surface area contributed by atoms with Crippen LogP contribution in [0.25, 0.3) is 11.6 Å². The fraction of sp³-hybridized carbons (Fsp3) is 0.345. The number of amides is 1. The Morgan fingerprint density at radius 1 is 1.08 bits per heavy atom. The highest BCUT2D eigenvalue weighted by molar-refractivity contribution is 7.89. The Balaban J connectivity index is 1.45. The second kappa shape index (κ2) is 10.8. The van der Waals surface area contributed by atoms with Crippen molar-refractivity contribution in [3.05, 3.63) is 81.9 Å².